The quantitative estimate of drug-likeness (QED) is 0.193. The molecule has 1 saturated heterocycles. The van der Waals surface area contributed by atoms with Gasteiger partial charge in [0.1, 0.15) is 24.5 Å². The molecule has 4 aromatic rings. The second kappa shape index (κ2) is 12.3. The van der Waals surface area contributed by atoms with Crippen molar-refractivity contribution in [1.29, 1.82) is 0 Å². The van der Waals surface area contributed by atoms with Crippen molar-refractivity contribution in [1.82, 2.24) is 15.3 Å². The van der Waals surface area contributed by atoms with E-state index in [-0.39, 0.29) is 18.5 Å². The van der Waals surface area contributed by atoms with Gasteiger partial charge in [0.2, 0.25) is 0 Å². The molecule has 202 valence electrons. The number of aromatic nitrogens is 2. The van der Waals surface area contributed by atoms with E-state index in [0.29, 0.717) is 16.6 Å². The fourth-order valence-corrected chi connectivity index (χ4v) is 4.35. The number of benzene rings is 2. The van der Waals surface area contributed by atoms with Crippen LogP contribution in [0.2, 0.25) is 5.02 Å². The Morgan fingerprint density at radius 2 is 2.00 bits per heavy atom. The van der Waals surface area contributed by atoms with Gasteiger partial charge in [-0.15, -0.1) is 11.3 Å². The molecule has 0 saturated carbocycles. The lowest BCUT2D eigenvalue weighted by atomic mass is 10.1. The summed E-state index contributed by atoms with van der Waals surface area (Å²) in [5.74, 6) is 4.62. The maximum absolute atomic E-state index is 13.3. The maximum Gasteiger partial charge on any atom is 0.490 e. The normalized spacial score (nSPS) is 14.3. The number of alkyl halides is 3. The van der Waals surface area contributed by atoms with Gasteiger partial charge in [0.25, 0.3) is 0 Å². The Morgan fingerprint density at radius 3 is 2.64 bits per heavy atom. The van der Waals surface area contributed by atoms with Crippen LogP contribution in [-0.4, -0.2) is 39.8 Å². The molecule has 13 heteroatoms. The molecule has 7 nitrogen and oxygen atoms in total. The van der Waals surface area contributed by atoms with Crippen LogP contribution in [-0.2, 0) is 11.4 Å². The number of fused-ring (bicyclic) bond motifs is 1. The molecule has 1 unspecified atom stereocenters. The summed E-state index contributed by atoms with van der Waals surface area (Å²) in [5, 5.41) is 14.2. The van der Waals surface area contributed by atoms with Crippen molar-refractivity contribution in [2.24, 2.45) is 0 Å². The van der Waals surface area contributed by atoms with Crippen molar-refractivity contribution in [2.45, 2.75) is 25.2 Å². The van der Waals surface area contributed by atoms with Crippen LogP contribution < -0.4 is 15.4 Å². The number of nitrogens with zero attached hydrogens (tertiary/aromatic N) is 2. The average molecular weight is 579 g/mol. The van der Waals surface area contributed by atoms with E-state index in [4.69, 9.17) is 26.2 Å². The molecule has 3 heterocycles. The third-order valence-electron chi connectivity index (χ3n) is 5.23. The third kappa shape index (κ3) is 7.79. The van der Waals surface area contributed by atoms with Crippen LogP contribution in [0, 0.1) is 17.7 Å². The Morgan fingerprint density at radius 1 is 1.23 bits per heavy atom. The summed E-state index contributed by atoms with van der Waals surface area (Å²) in [7, 11) is 0. The van der Waals surface area contributed by atoms with Crippen LogP contribution in [0.25, 0.3) is 10.2 Å². The number of halogens is 5. The summed E-state index contributed by atoms with van der Waals surface area (Å²) < 4.78 is 51.7. The highest BCUT2D eigenvalue weighted by atomic mass is 35.5. The highest BCUT2D eigenvalue weighted by molar-refractivity contribution is 7.20. The minimum atomic E-state index is -5.08. The van der Waals surface area contributed by atoms with Crippen LogP contribution in [0.1, 0.15) is 16.9 Å². The Balaban J connectivity index is 0.000000448. The highest BCUT2D eigenvalue weighted by Crippen LogP contribution is 2.33. The SMILES string of the molecule is Fc1cccc(COc2ccc(Nc3ncnc4cc(C#CC5CCN5)sc34)cc2Cl)c1.O=C(O)C(F)(F)F. The molecule has 39 heavy (non-hydrogen) atoms. The molecule has 0 aliphatic carbocycles. The van der Waals surface area contributed by atoms with Gasteiger partial charge in [0.15, 0.2) is 5.82 Å². The Hall–Kier alpha value is -3.92. The summed E-state index contributed by atoms with van der Waals surface area (Å²) >= 11 is 7.97. The lowest BCUT2D eigenvalue weighted by Gasteiger charge is -2.21. The van der Waals surface area contributed by atoms with E-state index >= 15 is 0 Å². The Kier molecular flexibility index (Phi) is 8.86. The molecule has 5 rings (SSSR count). The number of carboxylic acid groups (broad SMARTS) is 1. The largest absolute Gasteiger partial charge is 0.490 e. The lowest BCUT2D eigenvalue weighted by molar-refractivity contribution is -0.192. The van der Waals surface area contributed by atoms with Gasteiger partial charge in [-0.2, -0.15) is 13.2 Å². The van der Waals surface area contributed by atoms with Crippen LogP contribution >= 0.6 is 22.9 Å². The van der Waals surface area contributed by atoms with Gasteiger partial charge in [-0.25, -0.2) is 19.2 Å². The molecule has 3 N–H and O–H groups in total. The van der Waals surface area contributed by atoms with Gasteiger partial charge < -0.3 is 20.5 Å². The minimum Gasteiger partial charge on any atom is -0.487 e. The van der Waals surface area contributed by atoms with E-state index in [1.54, 1.807) is 35.6 Å². The van der Waals surface area contributed by atoms with E-state index in [1.165, 1.54) is 18.5 Å². The third-order valence-corrected chi connectivity index (χ3v) is 6.57. The number of hydrogen-bond acceptors (Lipinski definition) is 7. The second-order valence-electron chi connectivity index (χ2n) is 8.10. The number of nitrogens with one attached hydrogen (secondary N) is 2. The zero-order valence-electron chi connectivity index (χ0n) is 19.9. The van der Waals surface area contributed by atoms with E-state index in [9.17, 15) is 17.6 Å². The number of anilines is 2. The first-order valence-corrected chi connectivity index (χ1v) is 12.5. The van der Waals surface area contributed by atoms with Crippen molar-refractivity contribution in [3.63, 3.8) is 0 Å². The summed E-state index contributed by atoms with van der Waals surface area (Å²) in [6, 6.07) is 14.0. The van der Waals surface area contributed by atoms with Crippen LogP contribution in [0.5, 0.6) is 5.75 Å². The molecule has 0 amide bonds. The van der Waals surface area contributed by atoms with Gasteiger partial charge in [-0.05, 0) is 54.9 Å². The van der Waals surface area contributed by atoms with Crippen molar-refractivity contribution in [2.75, 3.05) is 11.9 Å². The first-order chi connectivity index (χ1) is 18.6. The molecule has 0 bridgehead atoms. The smallest absolute Gasteiger partial charge is 0.487 e. The van der Waals surface area contributed by atoms with Gasteiger partial charge in [-0.1, -0.05) is 35.6 Å². The monoisotopic (exact) mass is 578 g/mol. The highest BCUT2D eigenvalue weighted by Gasteiger charge is 2.38. The van der Waals surface area contributed by atoms with Gasteiger partial charge in [-0.3, -0.25) is 0 Å². The van der Waals surface area contributed by atoms with E-state index < -0.39 is 12.1 Å². The molecule has 1 fully saturated rings. The zero-order valence-corrected chi connectivity index (χ0v) is 21.4. The summed E-state index contributed by atoms with van der Waals surface area (Å²) in [4.78, 5) is 18.6. The summed E-state index contributed by atoms with van der Waals surface area (Å²) in [6.07, 6.45) is -2.46. The van der Waals surface area contributed by atoms with Crippen LogP contribution in [0.3, 0.4) is 0 Å². The molecular weight excluding hydrogens is 560 g/mol. The maximum atomic E-state index is 13.3. The van der Waals surface area contributed by atoms with E-state index in [2.05, 4.69) is 32.4 Å². The van der Waals surface area contributed by atoms with E-state index in [0.717, 1.165) is 39.3 Å². The van der Waals surface area contributed by atoms with Crippen molar-refractivity contribution in [3.8, 4) is 17.6 Å². The lowest BCUT2D eigenvalue weighted by Crippen LogP contribution is -2.41. The van der Waals surface area contributed by atoms with Gasteiger partial charge in [0.05, 0.1) is 26.2 Å². The Labute approximate surface area is 228 Å². The topological polar surface area (TPSA) is 96.4 Å². The van der Waals surface area contributed by atoms with Crippen molar-refractivity contribution >= 4 is 50.6 Å². The Bertz CT molecular complexity index is 1550. The molecule has 1 aliphatic rings. The molecule has 1 aliphatic heterocycles. The molecule has 0 spiro atoms. The first-order valence-electron chi connectivity index (χ1n) is 11.3. The zero-order chi connectivity index (χ0) is 28.0. The van der Waals surface area contributed by atoms with Gasteiger partial charge >= 0.3 is 12.1 Å². The number of hydrogen-bond donors (Lipinski definition) is 3. The fraction of sp³-hybridized carbons (Fsp3) is 0.192. The predicted octanol–water partition coefficient (Wildman–Crippen LogP) is 6.15. The van der Waals surface area contributed by atoms with Gasteiger partial charge in [0, 0.05) is 5.69 Å². The predicted molar refractivity (Wildman–Crippen MR) is 140 cm³/mol. The van der Waals surface area contributed by atoms with E-state index in [1.807, 2.05) is 12.1 Å². The number of carbonyl (C=O) groups is 1. The number of aliphatic carboxylic acids is 1. The van der Waals surface area contributed by atoms with Crippen molar-refractivity contribution < 1.29 is 32.2 Å². The molecule has 1 atom stereocenters. The van der Waals surface area contributed by atoms with Crippen LogP contribution in [0.4, 0.5) is 29.1 Å². The molecular formula is C26H19ClF4N4O3S. The standard InChI is InChI=1S/C24H18ClFN4OS.C2HF3O2/c25-20-11-18(5-7-22(20)31-13-15-2-1-3-16(26)10-15)30-24-23-21(28-14-29-24)12-19(32-23)6-4-17-8-9-27-17;3-2(4,5)1(6)7/h1-3,5,7,10-12,14,17,27H,8-9,13H2,(H,28,29,30);(H,6,7). The number of ether oxygens (including phenoxy) is 1. The first kappa shape index (κ1) is 28.1. The molecule has 2 aromatic carbocycles. The summed E-state index contributed by atoms with van der Waals surface area (Å²) in [5.41, 5.74) is 2.35. The van der Waals surface area contributed by atoms with Crippen molar-refractivity contribution in [3.05, 3.63) is 76.1 Å². The minimum absolute atomic E-state index is 0.228. The molecule has 0 radical (unpaired) electrons. The average Bonchev–Trinajstić information content (AvgIpc) is 3.27. The van der Waals surface area contributed by atoms with Crippen LogP contribution in [0.15, 0.2) is 54.9 Å². The fourth-order valence-electron chi connectivity index (χ4n) is 3.20. The summed E-state index contributed by atoms with van der Waals surface area (Å²) in [6.45, 7) is 1.26. The second-order valence-corrected chi connectivity index (χ2v) is 9.56. The number of rotatable bonds is 5. The number of thiophene rings is 1. The number of carboxylic acids is 1. The molecule has 2 aromatic heterocycles.